The fourth-order valence-electron chi connectivity index (χ4n) is 4.58. The van der Waals surface area contributed by atoms with Crippen LogP contribution in [0.4, 0.5) is 5.69 Å². The van der Waals surface area contributed by atoms with Crippen molar-refractivity contribution in [2.75, 3.05) is 4.90 Å². The number of thiazole rings is 1. The summed E-state index contributed by atoms with van der Waals surface area (Å²) < 4.78 is 2.45. The van der Waals surface area contributed by atoms with Crippen molar-refractivity contribution in [3.05, 3.63) is 108 Å². The van der Waals surface area contributed by atoms with Gasteiger partial charge in [0.1, 0.15) is 4.53 Å². The van der Waals surface area contributed by atoms with Crippen LogP contribution in [0.5, 0.6) is 0 Å². The first-order chi connectivity index (χ1) is 18.1. The van der Waals surface area contributed by atoms with Crippen LogP contribution in [0.1, 0.15) is 37.5 Å². The van der Waals surface area contributed by atoms with E-state index in [-0.39, 0.29) is 16.9 Å². The molecule has 1 amide bonds. The van der Waals surface area contributed by atoms with Gasteiger partial charge in [0, 0.05) is 20.6 Å². The Balaban J connectivity index is 1.45. The van der Waals surface area contributed by atoms with Gasteiger partial charge in [-0.05, 0) is 46.9 Å². The van der Waals surface area contributed by atoms with Crippen LogP contribution >= 0.6 is 38.9 Å². The first-order valence-corrected chi connectivity index (χ1v) is 14.0. The molecule has 0 unspecified atom stereocenters. The second kappa shape index (κ2) is 9.15. The zero-order valence-corrected chi connectivity index (χ0v) is 24.0. The number of hydrogen-bond acceptors (Lipinski definition) is 5. The number of nitrogens with zero attached hydrogens (tertiary/aromatic N) is 4. The molecule has 9 heteroatoms. The molecule has 1 aliphatic rings. The van der Waals surface area contributed by atoms with Gasteiger partial charge in [-0.1, -0.05) is 96.0 Å². The van der Waals surface area contributed by atoms with Gasteiger partial charge in [0.15, 0.2) is 5.82 Å². The monoisotopic (exact) mass is 604 g/mol. The minimum absolute atomic E-state index is 0.0371. The Labute approximate surface area is 236 Å². The topological polar surface area (TPSA) is 67.6 Å². The van der Waals surface area contributed by atoms with Gasteiger partial charge in [0.05, 0.1) is 17.8 Å². The van der Waals surface area contributed by atoms with E-state index in [9.17, 15) is 9.59 Å². The molecule has 0 N–H and O–H groups in total. The van der Waals surface area contributed by atoms with Crippen LogP contribution in [0.2, 0.25) is 5.02 Å². The summed E-state index contributed by atoms with van der Waals surface area (Å²) in [5, 5.41) is 5.14. The molecule has 1 aliphatic heterocycles. The van der Waals surface area contributed by atoms with Gasteiger partial charge in [-0.3, -0.25) is 9.59 Å². The Kier molecular flexibility index (Phi) is 6.01. The fourth-order valence-corrected chi connectivity index (χ4v) is 6.06. The van der Waals surface area contributed by atoms with Crippen LogP contribution in [0.15, 0.2) is 76.0 Å². The molecule has 38 heavy (non-hydrogen) atoms. The summed E-state index contributed by atoms with van der Waals surface area (Å²) in [6.45, 7) is 6.84. The molecule has 0 saturated heterocycles. The van der Waals surface area contributed by atoms with E-state index in [2.05, 4.69) is 58.9 Å². The van der Waals surface area contributed by atoms with Crippen molar-refractivity contribution in [3.8, 4) is 11.4 Å². The lowest BCUT2D eigenvalue weighted by molar-refractivity contribution is -0.113. The van der Waals surface area contributed by atoms with E-state index in [1.165, 1.54) is 21.4 Å². The molecule has 5 aromatic rings. The highest BCUT2D eigenvalue weighted by Gasteiger charge is 2.34. The molecule has 6 rings (SSSR count). The minimum Gasteiger partial charge on any atom is -0.303 e. The van der Waals surface area contributed by atoms with Crippen LogP contribution in [0.3, 0.4) is 0 Å². The molecule has 3 heterocycles. The molecule has 2 aromatic heterocycles. The maximum absolute atomic E-state index is 13.8. The largest absolute Gasteiger partial charge is 0.303 e. The standard InChI is InChI=1S/C29H22BrClN4O2S/c1-29(2,3)18-8-6-17(7-9-18)25-32-28-35(33-25)27(37)24(38-28)23-21-14-19(30)10-13-22(21)34(26(23)36)15-16-4-11-20(31)12-5-16/h4-14H,15H2,1-3H3/b24-23-. The molecule has 0 radical (unpaired) electrons. The first kappa shape index (κ1) is 25.0. The van der Waals surface area contributed by atoms with Gasteiger partial charge in [-0.2, -0.15) is 9.50 Å². The highest BCUT2D eigenvalue weighted by molar-refractivity contribution is 9.10. The zero-order chi connectivity index (χ0) is 26.8. The highest BCUT2D eigenvalue weighted by atomic mass is 79.9. The van der Waals surface area contributed by atoms with Gasteiger partial charge in [0.25, 0.3) is 11.5 Å². The summed E-state index contributed by atoms with van der Waals surface area (Å²) in [5.41, 5.74) is 4.49. The van der Waals surface area contributed by atoms with Crippen LogP contribution in [0.25, 0.3) is 21.9 Å². The number of hydrogen-bond donors (Lipinski definition) is 0. The molecule has 0 spiro atoms. The van der Waals surface area contributed by atoms with Crippen molar-refractivity contribution in [2.45, 2.75) is 32.7 Å². The Morgan fingerprint density at radius 2 is 1.68 bits per heavy atom. The SMILES string of the molecule is CC(C)(C)c1ccc(-c2nc3s/c(=C4\C(=O)N(Cc5ccc(Cl)cc5)c5ccc(Br)cc54)c(=O)n3n2)cc1. The fraction of sp³-hybridized carbons (Fsp3) is 0.172. The number of fused-ring (bicyclic) bond motifs is 2. The molecular weight excluding hydrogens is 584 g/mol. The summed E-state index contributed by atoms with van der Waals surface area (Å²) in [4.78, 5) is 34.1. The van der Waals surface area contributed by atoms with Crippen molar-refractivity contribution < 1.29 is 4.79 Å². The summed E-state index contributed by atoms with van der Waals surface area (Å²) in [7, 11) is 0. The number of amides is 1. The first-order valence-electron chi connectivity index (χ1n) is 12.0. The lowest BCUT2D eigenvalue weighted by Crippen LogP contribution is -2.32. The van der Waals surface area contributed by atoms with Gasteiger partial charge < -0.3 is 4.90 Å². The van der Waals surface area contributed by atoms with Crippen molar-refractivity contribution in [3.63, 3.8) is 0 Å². The van der Waals surface area contributed by atoms with Crippen LogP contribution in [-0.4, -0.2) is 20.5 Å². The van der Waals surface area contributed by atoms with Crippen molar-refractivity contribution in [1.82, 2.24) is 14.6 Å². The third-order valence-corrected chi connectivity index (χ3v) is 8.40. The average Bonchev–Trinajstić information content (AvgIpc) is 3.51. The molecule has 0 fully saturated rings. The molecule has 6 nitrogen and oxygen atoms in total. The second-order valence-corrected chi connectivity index (χ2v) is 12.6. The Hall–Kier alpha value is -3.33. The van der Waals surface area contributed by atoms with Gasteiger partial charge in [-0.25, -0.2) is 0 Å². The van der Waals surface area contributed by atoms with E-state index in [1.807, 2.05) is 42.5 Å². The van der Waals surface area contributed by atoms with E-state index in [4.69, 9.17) is 11.6 Å². The predicted octanol–water partition coefficient (Wildman–Crippen LogP) is 6.00. The van der Waals surface area contributed by atoms with E-state index < -0.39 is 0 Å². The number of carbonyl (C=O) groups excluding carboxylic acids is 1. The van der Waals surface area contributed by atoms with Crippen molar-refractivity contribution in [2.24, 2.45) is 0 Å². The average molecular weight is 606 g/mol. The summed E-state index contributed by atoms with van der Waals surface area (Å²) in [6.07, 6.45) is 0. The number of halogens is 2. The van der Waals surface area contributed by atoms with Crippen LogP contribution in [-0.2, 0) is 16.8 Å². The van der Waals surface area contributed by atoms with Gasteiger partial charge in [-0.15, -0.1) is 5.10 Å². The normalized spacial score (nSPS) is 15.0. The smallest absolute Gasteiger partial charge is 0.291 e. The van der Waals surface area contributed by atoms with Crippen LogP contribution in [0, 0.1) is 0 Å². The van der Waals surface area contributed by atoms with E-state index in [1.54, 1.807) is 17.0 Å². The molecule has 0 aliphatic carbocycles. The number of aromatic nitrogens is 3. The number of carbonyl (C=O) groups is 1. The third-order valence-electron chi connectivity index (χ3n) is 6.63. The minimum atomic E-state index is -0.349. The lowest BCUT2D eigenvalue weighted by Gasteiger charge is -2.18. The Morgan fingerprint density at radius 3 is 2.34 bits per heavy atom. The van der Waals surface area contributed by atoms with E-state index in [0.717, 1.165) is 21.3 Å². The molecule has 0 saturated carbocycles. The summed E-state index contributed by atoms with van der Waals surface area (Å²) in [6, 6.07) is 21.1. The Morgan fingerprint density at radius 1 is 0.974 bits per heavy atom. The number of anilines is 1. The maximum Gasteiger partial charge on any atom is 0.291 e. The maximum atomic E-state index is 13.8. The van der Waals surface area contributed by atoms with Crippen molar-refractivity contribution in [1.29, 1.82) is 0 Å². The van der Waals surface area contributed by atoms with Crippen molar-refractivity contribution >= 4 is 61.0 Å². The molecule has 190 valence electrons. The van der Waals surface area contributed by atoms with Crippen LogP contribution < -0.4 is 15.0 Å². The Bertz CT molecular complexity index is 1840. The number of benzene rings is 3. The predicted molar refractivity (Wildman–Crippen MR) is 156 cm³/mol. The van der Waals surface area contributed by atoms with Gasteiger partial charge in [0.2, 0.25) is 4.96 Å². The highest BCUT2D eigenvalue weighted by Crippen LogP contribution is 2.38. The second-order valence-electron chi connectivity index (χ2n) is 10.2. The molecule has 3 aromatic carbocycles. The number of rotatable bonds is 3. The summed E-state index contributed by atoms with van der Waals surface area (Å²) in [5.74, 6) is 0.253. The van der Waals surface area contributed by atoms with E-state index in [0.29, 0.717) is 38.0 Å². The third kappa shape index (κ3) is 4.26. The summed E-state index contributed by atoms with van der Waals surface area (Å²) >= 11 is 10.7. The van der Waals surface area contributed by atoms with Gasteiger partial charge >= 0.3 is 0 Å². The lowest BCUT2D eigenvalue weighted by atomic mass is 9.87. The van der Waals surface area contributed by atoms with E-state index >= 15 is 0 Å². The zero-order valence-electron chi connectivity index (χ0n) is 20.8. The molecule has 0 bridgehead atoms. The quantitative estimate of drug-likeness (QED) is 0.253. The molecule has 0 atom stereocenters. The molecular formula is C29H22BrClN4O2S.